The SMILES string of the molecule is COC(=O)C1=C(CN2CCN(c3cccc(Cl)c3)CC2)NC(=O)NC1c1ccccc1Cl. The topological polar surface area (TPSA) is 73.9 Å². The number of rotatable bonds is 5. The Balaban J connectivity index is 1.55. The summed E-state index contributed by atoms with van der Waals surface area (Å²) in [7, 11) is 1.33. The number of anilines is 1. The molecule has 2 aromatic rings. The number of nitrogens with one attached hydrogen (secondary N) is 2. The van der Waals surface area contributed by atoms with Crippen molar-refractivity contribution in [3.8, 4) is 0 Å². The molecule has 2 amide bonds. The third kappa shape index (κ3) is 4.85. The Morgan fingerprint density at radius 3 is 2.53 bits per heavy atom. The lowest BCUT2D eigenvalue weighted by Gasteiger charge is -2.38. The van der Waals surface area contributed by atoms with Gasteiger partial charge in [-0.2, -0.15) is 0 Å². The molecule has 0 saturated carbocycles. The fraction of sp³-hybridized carbons (Fsp3) is 0.304. The fourth-order valence-corrected chi connectivity index (χ4v) is 4.53. The first-order valence-corrected chi connectivity index (χ1v) is 11.1. The quantitative estimate of drug-likeness (QED) is 0.647. The summed E-state index contributed by atoms with van der Waals surface area (Å²) >= 11 is 12.5. The Hall–Kier alpha value is -2.74. The second kappa shape index (κ2) is 9.81. The second-order valence-electron chi connectivity index (χ2n) is 7.68. The molecule has 2 aliphatic heterocycles. The Morgan fingerprint density at radius 2 is 1.84 bits per heavy atom. The number of benzene rings is 2. The van der Waals surface area contributed by atoms with Crippen molar-refractivity contribution in [1.82, 2.24) is 15.5 Å². The molecule has 0 radical (unpaired) electrons. The van der Waals surface area contributed by atoms with Gasteiger partial charge in [0.1, 0.15) is 0 Å². The van der Waals surface area contributed by atoms with Gasteiger partial charge >= 0.3 is 12.0 Å². The van der Waals surface area contributed by atoms with Crippen LogP contribution in [0, 0.1) is 0 Å². The number of carbonyl (C=O) groups is 2. The van der Waals surface area contributed by atoms with Crippen molar-refractivity contribution in [1.29, 1.82) is 0 Å². The van der Waals surface area contributed by atoms with Crippen molar-refractivity contribution in [2.45, 2.75) is 6.04 Å². The Labute approximate surface area is 196 Å². The molecular weight excluding hydrogens is 451 g/mol. The lowest BCUT2D eigenvalue weighted by Crippen LogP contribution is -2.51. The van der Waals surface area contributed by atoms with Gasteiger partial charge in [-0.15, -0.1) is 0 Å². The Kier molecular flexibility index (Phi) is 6.89. The van der Waals surface area contributed by atoms with Gasteiger partial charge in [0.2, 0.25) is 0 Å². The van der Waals surface area contributed by atoms with Gasteiger partial charge in [0.05, 0.1) is 18.7 Å². The minimum atomic E-state index is -0.687. The molecular formula is C23H24Cl2N4O3. The highest BCUT2D eigenvalue weighted by molar-refractivity contribution is 6.31. The average Bonchev–Trinajstić information content (AvgIpc) is 2.79. The number of ether oxygens (including phenoxy) is 1. The molecule has 1 unspecified atom stereocenters. The second-order valence-corrected chi connectivity index (χ2v) is 8.52. The predicted octanol–water partition coefficient (Wildman–Crippen LogP) is 3.60. The summed E-state index contributed by atoms with van der Waals surface area (Å²) in [6.45, 7) is 3.57. The fourth-order valence-electron chi connectivity index (χ4n) is 4.10. The van der Waals surface area contributed by atoms with Crippen LogP contribution in [0.3, 0.4) is 0 Å². The summed E-state index contributed by atoms with van der Waals surface area (Å²) in [4.78, 5) is 29.7. The van der Waals surface area contributed by atoms with E-state index in [2.05, 4.69) is 20.4 Å². The molecule has 1 saturated heterocycles. The van der Waals surface area contributed by atoms with Crippen molar-refractivity contribution in [2.75, 3.05) is 44.7 Å². The number of halogens is 2. The first-order valence-electron chi connectivity index (χ1n) is 10.3. The predicted molar refractivity (Wildman–Crippen MR) is 125 cm³/mol. The first kappa shape index (κ1) is 22.5. The van der Waals surface area contributed by atoms with Crippen LogP contribution in [0.5, 0.6) is 0 Å². The zero-order chi connectivity index (χ0) is 22.7. The molecule has 0 spiro atoms. The Morgan fingerprint density at radius 1 is 1.09 bits per heavy atom. The molecule has 0 aliphatic carbocycles. The lowest BCUT2D eigenvalue weighted by atomic mass is 9.95. The third-order valence-electron chi connectivity index (χ3n) is 5.70. The van der Waals surface area contributed by atoms with Crippen molar-refractivity contribution in [3.63, 3.8) is 0 Å². The van der Waals surface area contributed by atoms with E-state index in [4.69, 9.17) is 27.9 Å². The van der Waals surface area contributed by atoms with E-state index in [9.17, 15) is 9.59 Å². The van der Waals surface area contributed by atoms with Gasteiger partial charge in [-0.05, 0) is 29.8 Å². The lowest BCUT2D eigenvalue weighted by molar-refractivity contribution is -0.136. The molecule has 2 aromatic carbocycles. The van der Waals surface area contributed by atoms with E-state index in [1.54, 1.807) is 18.2 Å². The number of methoxy groups -OCH3 is 1. The molecule has 0 bridgehead atoms. The smallest absolute Gasteiger partial charge is 0.338 e. The number of piperazine rings is 1. The third-order valence-corrected chi connectivity index (χ3v) is 6.28. The van der Waals surface area contributed by atoms with Crippen LogP contribution < -0.4 is 15.5 Å². The highest BCUT2D eigenvalue weighted by Gasteiger charge is 2.35. The summed E-state index contributed by atoms with van der Waals surface area (Å²) < 4.78 is 5.05. The highest BCUT2D eigenvalue weighted by atomic mass is 35.5. The van der Waals surface area contributed by atoms with Gasteiger partial charge in [-0.1, -0.05) is 47.5 Å². The van der Waals surface area contributed by atoms with Gasteiger partial charge in [0, 0.05) is 54.2 Å². The first-order chi connectivity index (χ1) is 15.5. The maximum Gasteiger partial charge on any atom is 0.338 e. The monoisotopic (exact) mass is 474 g/mol. The normalized spacial score (nSPS) is 19.4. The molecule has 2 aliphatic rings. The molecule has 1 fully saturated rings. The zero-order valence-electron chi connectivity index (χ0n) is 17.6. The number of esters is 1. The average molecular weight is 475 g/mol. The summed E-state index contributed by atoms with van der Waals surface area (Å²) in [6, 6.07) is 13.9. The van der Waals surface area contributed by atoms with Crippen molar-refractivity contribution in [2.24, 2.45) is 0 Å². The number of urea groups is 1. The summed E-state index contributed by atoms with van der Waals surface area (Å²) in [5.74, 6) is -0.505. The minimum Gasteiger partial charge on any atom is -0.466 e. The molecule has 2 N–H and O–H groups in total. The highest BCUT2D eigenvalue weighted by Crippen LogP contribution is 2.32. The van der Waals surface area contributed by atoms with E-state index < -0.39 is 12.0 Å². The van der Waals surface area contributed by atoms with E-state index >= 15 is 0 Å². The molecule has 9 heteroatoms. The largest absolute Gasteiger partial charge is 0.466 e. The van der Waals surface area contributed by atoms with Crippen LogP contribution in [0.25, 0.3) is 0 Å². The maximum atomic E-state index is 12.7. The molecule has 32 heavy (non-hydrogen) atoms. The number of nitrogens with zero attached hydrogens (tertiary/aromatic N) is 2. The Bertz CT molecular complexity index is 1050. The van der Waals surface area contributed by atoms with Crippen molar-refractivity contribution >= 4 is 40.9 Å². The van der Waals surface area contributed by atoms with Crippen LogP contribution >= 0.6 is 23.2 Å². The molecule has 2 heterocycles. The van der Waals surface area contributed by atoms with Crippen LogP contribution in [0.2, 0.25) is 10.0 Å². The van der Waals surface area contributed by atoms with Gasteiger partial charge in [-0.25, -0.2) is 9.59 Å². The zero-order valence-corrected chi connectivity index (χ0v) is 19.1. The van der Waals surface area contributed by atoms with Crippen molar-refractivity contribution in [3.05, 3.63) is 75.4 Å². The van der Waals surface area contributed by atoms with E-state index in [1.165, 1.54) is 7.11 Å². The van der Waals surface area contributed by atoms with E-state index in [0.29, 0.717) is 33.4 Å². The van der Waals surface area contributed by atoms with E-state index in [0.717, 1.165) is 31.9 Å². The molecule has 4 rings (SSSR count). The van der Waals surface area contributed by atoms with Crippen LogP contribution in [0.15, 0.2) is 59.8 Å². The van der Waals surface area contributed by atoms with Crippen LogP contribution in [0.1, 0.15) is 11.6 Å². The molecule has 168 valence electrons. The van der Waals surface area contributed by atoms with Gasteiger partial charge < -0.3 is 20.3 Å². The molecule has 1 atom stereocenters. The van der Waals surface area contributed by atoms with E-state index in [1.807, 2.05) is 30.3 Å². The molecule has 0 aromatic heterocycles. The van der Waals surface area contributed by atoms with Gasteiger partial charge in [0.15, 0.2) is 0 Å². The number of amides is 2. The number of hydrogen-bond donors (Lipinski definition) is 2. The van der Waals surface area contributed by atoms with Gasteiger partial charge in [0.25, 0.3) is 0 Å². The number of carbonyl (C=O) groups excluding carboxylic acids is 2. The summed E-state index contributed by atoms with van der Waals surface area (Å²) in [5, 5.41) is 6.80. The van der Waals surface area contributed by atoms with Crippen LogP contribution in [-0.4, -0.2) is 56.7 Å². The standard InChI is InChI=1S/C23H24Cl2N4O3/c1-32-22(30)20-19(26-23(31)27-21(20)17-7-2-3-8-18(17)25)14-28-9-11-29(12-10-28)16-6-4-5-15(24)13-16/h2-8,13,21H,9-12,14H2,1H3,(H2,26,27,31). The minimum absolute atomic E-state index is 0.359. The molecule has 7 nitrogen and oxygen atoms in total. The number of hydrogen-bond acceptors (Lipinski definition) is 5. The van der Waals surface area contributed by atoms with Gasteiger partial charge in [-0.3, -0.25) is 4.90 Å². The van der Waals surface area contributed by atoms with Crippen molar-refractivity contribution < 1.29 is 14.3 Å². The maximum absolute atomic E-state index is 12.7. The summed E-state index contributed by atoms with van der Waals surface area (Å²) in [5.41, 5.74) is 2.62. The van der Waals surface area contributed by atoms with Crippen LogP contribution in [0.4, 0.5) is 10.5 Å². The summed E-state index contributed by atoms with van der Waals surface area (Å²) in [6.07, 6.45) is 0. The van der Waals surface area contributed by atoms with Crippen LogP contribution in [-0.2, 0) is 9.53 Å². The van der Waals surface area contributed by atoms with E-state index in [-0.39, 0.29) is 6.03 Å².